The lowest BCUT2D eigenvalue weighted by atomic mass is 10.0. The molecule has 0 fully saturated rings. The number of pyridine rings is 1. The van der Waals surface area contributed by atoms with Crippen LogP contribution in [-0.2, 0) is 15.7 Å². The third-order valence-corrected chi connectivity index (χ3v) is 12.0. The summed E-state index contributed by atoms with van der Waals surface area (Å²) in [5.41, 5.74) is -0.753. The largest absolute Gasteiger partial charge is 0.506 e. The first-order chi connectivity index (χ1) is 19.7. The summed E-state index contributed by atoms with van der Waals surface area (Å²) in [6.07, 6.45) is -1.48. The Hall–Kier alpha value is -3.90. The molecule has 0 radical (unpaired) electrons. The average Bonchev–Trinajstić information content (AvgIpc) is 2.86. The number of aromatic nitrogens is 1. The second-order valence-corrected chi connectivity index (χ2v) is 17.7. The summed E-state index contributed by atoms with van der Waals surface area (Å²) < 4.78 is 32.8. The number of phenolic OH excluding ortho intramolecular Hbond substituents is 1. The van der Waals surface area contributed by atoms with E-state index in [0.717, 1.165) is 12.1 Å². The molecule has 0 aliphatic heterocycles. The van der Waals surface area contributed by atoms with Crippen LogP contribution in [0, 0.1) is 5.82 Å². The molecule has 3 aromatic rings. The van der Waals surface area contributed by atoms with Crippen LogP contribution in [-0.4, -0.2) is 59.7 Å². The Labute approximate surface area is 251 Å². The maximum absolute atomic E-state index is 14.8. The lowest BCUT2D eigenvalue weighted by Crippen LogP contribution is -2.45. The number of nitrogens with zero attached hydrogens (tertiary/aromatic N) is 1. The van der Waals surface area contributed by atoms with Gasteiger partial charge in [-0.05, 0) is 68.7 Å². The molecule has 0 saturated heterocycles. The fourth-order valence-electron chi connectivity index (χ4n) is 4.28. The van der Waals surface area contributed by atoms with Crippen molar-refractivity contribution in [1.29, 1.82) is 0 Å². The van der Waals surface area contributed by atoms with Crippen LogP contribution in [0.25, 0.3) is 10.9 Å². The van der Waals surface area contributed by atoms with Gasteiger partial charge in [0.2, 0.25) is 5.56 Å². The first-order valence-corrected chi connectivity index (χ1v) is 16.7. The molecule has 2 aromatic carbocycles. The van der Waals surface area contributed by atoms with E-state index in [0.29, 0.717) is 10.9 Å². The summed E-state index contributed by atoms with van der Waals surface area (Å²) in [5, 5.41) is 20.2. The standard InChI is InChI=1S/C31H41FN2O8Si/c1-30(2,3)41-29(39)34(16-18-14-22(32)21(28(37)38)15-24(18)40-7)17-25(42-43(8,9)31(4,5)6)19-10-12-23(35)27-20(19)11-13-26(36)33-27/h10-15,25,35H,16-17H2,1-9H3,(H,33,36)(H,37,38)/t25-/m0/s1. The van der Waals surface area contributed by atoms with Gasteiger partial charge in [0.15, 0.2) is 8.32 Å². The number of hydrogen-bond donors (Lipinski definition) is 3. The molecule has 3 N–H and O–H groups in total. The second kappa shape index (κ2) is 12.4. The maximum atomic E-state index is 14.8. The van der Waals surface area contributed by atoms with Crippen molar-refractivity contribution in [3.63, 3.8) is 0 Å². The first-order valence-electron chi connectivity index (χ1n) is 13.8. The number of benzene rings is 2. The minimum absolute atomic E-state index is 0.0636. The number of carboxylic acids is 1. The summed E-state index contributed by atoms with van der Waals surface area (Å²) in [5.74, 6) is -2.46. The molecule has 0 unspecified atom stereocenters. The number of phenols is 1. The van der Waals surface area contributed by atoms with Gasteiger partial charge in [-0.25, -0.2) is 14.0 Å². The highest BCUT2D eigenvalue weighted by molar-refractivity contribution is 6.74. The van der Waals surface area contributed by atoms with Gasteiger partial charge in [-0.2, -0.15) is 0 Å². The number of carbonyl (C=O) groups excluding carboxylic acids is 1. The fraction of sp³-hybridized carbons (Fsp3) is 0.452. The Balaban J connectivity index is 2.21. The molecule has 1 aromatic heterocycles. The van der Waals surface area contributed by atoms with Crippen LogP contribution >= 0.6 is 0 Å². The zero-order valence-corrected chi connectivity index (χ0v) is 27.1. The highest BCUT2D eigenvalue weighted by Gasteiger charge is 2.41. The number of aromatic hydroxyl groups is 1. The van der Waals surface area contributed by atoms with E-state index in [4.69, 9.17) is 13.9 Å². The number of methoxy groups -OCH3 is 1. The molecule has 0 aliphatic carbocycles. The predicted molar refractivity (Wildman–Crippen MR) is 164 cm³/mol. The maximum Gasteiger partial charge on any atom is 0.410 e. The van der Waals surface area contributed by atoms with Gasteiger partial charge in [0.1, 0.15) is 22.9 Å². The predicted octanol–water partition coefficient (Wildman–Crippen LogP) is 6.58. The van der Waals surface area contributed by atoms with Gasteiger partial charge < -0.3 is 34.0 Å². The fourth-order valence-corrected chi connectivity index (χ4v) is 5.55. The normalized spacial score (nSPS) is 13.1. The van der Waals surface area contributed by atoms with Crippen molar-refractivity contribution in [2.24, 2.45) is 0 Å². The molecule has 1 amide bonds. The van der Waals surface area contributed by atoms with Crippen LogP contribution in [0.3, 0.4) is 0 Å². The van der Waals surface area contributed by atoms with Crippen molar-refractivity contribution in [2.75, 3.05) is 13.7 Å². The molecule has 12 heteroatoms. The Morgan fingerprint density at radius 1 is 1.07 bits per heavy atom. The third-order valence-electron chi connectivity index (χ3n) is 7.50. The van der Waals surface area contributed by atoms with Crippen molar-refractivity contribution in [3.8, 4) is 11.5 Å². The number of halogens is 1. The van der Waals surface area contributed by atoms with E-state index in [2.05, 4.69) is 38.8 Å². The Morgan fingerprint density at radius 3 is 2.28 bits per heavy atom. The second-order valence-electron chi connectivity index (χ2n) is 13.0. The highest BCUT2D eigenvalue weighted by Crippen LogP contribution is 2.42. The Bertz CT molecular complexity index is 1570. The van der Waals surface area contributed by atoms with Crippen LogP contribution < -0.4 is 10.3 Å². The number of amides is 1. The van der Waals surface area contributed by atoms with Crippen molar-refractivity contribution >= 4 is 31.3 Å². The number of hydrogen-bond acceptors (Lipinski definition) is 7. The van der Waals surface area contributed by atoms with Gasteiger partial charge in [-0.15, -0.1) is 0 Å². The van der Waals surface area contributed by atoms with Gasteiger partial charge >= 0.3 is 12.1 Å². The summed E-state index contributed by atoms with van der Waals surface area (Å²) in [4.78, 5) is 41.3. The molecule has 43 heavy (non-hydrogen) atoms. The monoisotopic (exact) mass is 616 g/mol. The number of rotatable bonds is 9. The van der Waals surface area contributed by atoms with E-state index in [9.17, 15) is 29.0 Å². The molecule has 0 saturated carbocycles. The number of H-pyrrole nitrogens is 1. The lowest BCUT2D eigenvalue weighted by molar-refractivity contribution is 0.0135. The van der Waals surface area contributed by atoms with Crippen molar-refractivity contribution in [1.82, 2.24) is 9.88 Å². The number of carbonyl (C=O) groups is 2. The number of aromatic carboxylic acids is 1. The van der Waals surface area contributed by atoms with E-state index in [-0.39, 0.29) is 40.7 Å². The Morgan fingerprint density at radius 2 is 1.72 bits per heavy atom. The zero-order valence-electron chi connectivity index (χ0n) is 26.1. The van der Waals surface area contributed by atoms with Crippen molar-refractivity contribution in [3.05, 3.63) is 69.3 Å². The average molecular weight is 617 g/mol. The van der Waals surface area contributed by atoms with Gasteiger partial charge in [0.25, 0.3) is 0 Å². The van der Waals surface area contributed by atoms with E-state index in [1.165, 1.54) is 24.1 Å². The van der Waals surface area contributed by atoms with E-state index in [1.807, 2.05) is 0 Å². The molecule has 1 atom stereocenters. The van der Waals surface area contributed by atoms with E-state index in [1.54, 1.807) is 32.9 Å². The Kier molecular flexibility index (Phi) is 9.67. The highest BCUT2D eigenvalue weighted by atomic mass is 28.4. The lowest BCUT2D eigenvalue weighted by Gasteiger charge is -2.41. The van der Waals surface area contributed by atoms with Crippen LogP contribution in [0.2, 0.25) is 18.1 Å². The van der Waals surface area contributed by atoms with Crippen LogP contribution in [0.5, 0.6) is 11.5 Å². The van der Waals surface area contributed by atoms with E-state index < -0.39 is 49.0 Å². The molecular weight excluding hydrogens is 575 g/mol. The molecule has 10 nitrogen and oxygen atoms in total. The molecule has 0 bridgehead atoms. The topological polar surface area (TPSA) is 138 Å². The minimum atomic E-state index is -2.51. The summed E-state index contributed by atoms with van der Waals surface area (Å²) in [6, 6.07) is 8.18. The van der Waals surface area contributed by atoms with Crippen LogP contribution in [0.15, 0.2) is 41.2 Å². The summed E-state index contributed by atoms with van der Waals surface area (Å²) in [7, 11) is -1.19. The molecule has 0 aliphatic rings. The van der Waals surface area contributed by atoms with Gasteiger partial charge in [-0.3, -0.25) is 4.79 Å². The van der Waals surface area contributed by atoms with Crippen molar-refractivity contribution in [2.45, 2.75) is 77.9 Å². The van der Waals surface area contributed by atoms with Gasteiger partial charge in [-0.1, -0.05) is 26.8 Å². The third kappa shape index (κ3) is 7.93. The number of aromatic amines is 1. The molecule has 1 heterocycles. The quantitative estimate of drug-likeness (QED) is 0.229. The van der Waals surface area contributed by atoms with Gasteiger partial charge in [0, 0.05) is 17.0 Å². The van der Waals surface area contributed by atoms with E-state index >= 15 is 0 Å². The first kappa shape index (κ1) is 33.6. The molecule has 0 spiro atoms. The molecular formula is C31H41FN2O8Si. The SMILES string of the molecule is COc1cc(C(=O)O)c(F)cc1CN(C[C@H](O[Si](C)(C)C(C)(C)C)c1ccc(O)c2[nH]c(=O)ccc12)C(=O)OC(C)(C)C. The summed E-state index contributed by atoms with van der Waals surface area (Å²) in [6.45, 7) is 15.3. The number of fused-ring (bicyclic) bond motifs is 1. The van der Waals surface area contributed by atoms with Gasteiger partial charge in [0.05, 0.1) is 37.4 Å². The number of ether oxygens (including phenoxy) is 2. The number of carboxylic acid groups (broad SMARTS) is 1. The molecule has 3 rings (SSSR count). The van der Waals surface area contributed by atoms with Crippen molar-refractivity contribution < 1.29 is 38.1 Å². The summed E-state index contributed by atoms with van der Waals surface area (Å²) >= 11 is 0. The zero-order chi connectivity index (χ0) is 32.5. The number of nitrogens with one attached hydrogen (secondary N) is 1. The smallest absolute Gasteiger partial charge is 0.410 e. The van der Waals surface area contributed by atoms with Crippen LogP contribution in [0.1, 0.15) is 69.1 Å². The van der Waals surface area contributed by atoms with Crippen LogP contribution in [0.4, 0.5) is 9.18 Å². The minimum Gasteiger partial charge on any atom is -0.506 e. The molecule has 234 valence electrons.